The van der Waals surface area contributed by atoms with E-state index >= 15 is 0 Å². The van der Waals surface area contributed by atoms with E-state index in [1.54, 1.807) is 14.0 Å². The molecule has 1 aromatic rings. The van der Waals surface area contributed by atoms with E-state index in [0.717, 1.165) is 41.7 Å². The number of hydrogen-bond donors (Lipinski definition) is 5. The minimum Gasteiger partial charge on any atom is -0.460 e. The molecule has 12 heteroatoms. The Morgan fingerprint density at radius 2 is 1.76 bits per heavy atom. The van der Waals surface area contributed by atoms with Crippen molar-refractivity contribution in [1.29, 1.82) is 0 Å². The molecule has 0 spiro atoms. The van der Waals surface area contributed by atoms with Crippen molar-refractivity contribution in [1.82, 2.24) is 5.32 Å². The Morgan fingerprint density at radius 1 is 1.02 bits per heavy atom. The van der Waals surface area contributed by atoms with Gasteiger partial charge in [-0.25, -0.2) is 4.79 Å². The maximum atomic E-state index is 13.2. The Morgan fingerprint density at radius 3 is 2.51 bits per heavy atom. The lowest BCUT2D eigenvalue weighted by atomic mass is 9.90. The summed E-state index contributed by atoms with van der Waals surface area (Å²) in [6.45, 7) is 9.16. The lowest BCUT2D eigenvalue weighted by molar-refractivity contribution is -0.156. The molecule has 11 nitrogen and oxygen atoms in total. The van der Waals surface area contributed by atoms with E-state index in [0.29, 0.717) is 62.1 Å². The number of fused-ring (bicyclic) bond motifs is 4. The second-order valence-corrected chi connectivity index (χ2v) is 16.1. The number of carbonyl (C=O) groups excluding carboxylic acids is 4. The predicted molar refractivity (Wildman–Crippen MR) is 220 cm³/mol. The van der Waals surface area contributed by atoms with Crippen molar-refractivity contribution >= 4 is 46.7 Å². The molecule has 2 amide bonds. The molecule has 55 heavy (non-hydrogen) atoms. The number of rotatable bonds is 6. The van der Waals surface area contributed by atoms with Gasteiger partial charge in [-0.05, 0) is 75.1 Å². The zero-order valence-corrected chi connectivity index (χ0v) is 34.3. The topological polar surface area (TPSA) is 163 Å². The fourth-order valence-corrected chi connectivity index (χ4v) is 7.49. The van der Waals surface area contributed by atoms with Gasteiger partial charge < -0.3 is 35.6 Å². The highest BCUT2D eigenvalue weighted by atomic mass is 32.2. The van der Waals surface area contributed by atoms with E-state index in [-0.39, 0.29) is 29.6 Å². The van der Waals surface area contributed by atoms with Gasteiger partial charge in [-0.3, -0.25) is 14.4 Å². The number of amides is 2. The van der Waals surface area contributed by atoms with E-state index < -0.39 is 36.4 Å². The highest BCUT2D eigenvalue weighted by molar-refractivity contribution is 8.00. The van der Waals surface area contributed by atoms with Crippen LogP contribution in [0.4, 0.5) is 11.4 Å². The van der Waals surface area contributed by atoms with Crippen molar-refractivity contribution in [2.24, 2.45) is 11.8 Å². The molecule has 0 saturated carbocycles. The van der Waals surface area contributed by atoms with Gasteiger partial charge in [-0.1, -0.05) is 76.1 Å². The Kier molecular flexibility index (Phi) is 20.0. The van der Waals surface area contributed by atoms with E-state index in [9.17, 15) is 29.4 Å². The third kappa shape index (κ3) is 16.5. The van der Waals surface area contributed by atoms with Crippen LogP contribution >= 0.6 is 11.8 Å². The average molecular weight is 782 g/mol. The highest BCUT2D eigenvalue weighted by Gasteiger charge is 2.30. The van der Waals surface area contributed by atoms with Gasteiger partial charge in [0, 0.05) is 49.3 Å². The van der Waals surface area contributed by atoms with Crippen molar-refractivity contribution in [3.63, 3.8) is 0 Å². The second kappa shape index (κ2) is 24.0. The largest absolute Gasteiger partial charge is 0.460 e. The molecule has 1 aromatic carbocycles. The Bertz CT molecular complexity index is 1550. The number of benzene rings is 1. The summed E-state index contributed by atoms with van der Waals surface area (Å²) in [7, 11) is 1.58. The van der Waals surface area contributed by atoms with Crippen molar-refractivity contribution in [3.8, 4) is 0 Å². The maximum Gasteiger partial charge on any atom is 0.328 e. The number of anilines is 2. The minimum atomic E-state index is -0.915. The molecule has 2 heterocycles. The summed E-state index contributed by atoms with van der Waals surface area (Å²) >= 11 is 1.49. The van der Waals surface area contributed by atoms with Crippen LogP contribution in [0.3, 0.4) is 0 Å². The SMILES string of the molecule is COC1\C=C/C=C\C=C/CC(OC(=O)C(C)NC(=O)CC(C)C)C(C)C(O)/C(C)=C\CCc2cc(cc3c2SCC(=O)N3)NC(O)CCCCCCC(=O)C1. The fraction of sp³-hybridized carbons (Fsp3) is 0.581. The van der Waals surface area contributed by atoms with Crippen LogP contribution in [0.2, 0.25) is 0 Å². The molecule has 0 saturated heterocycles. The molecular weight excluding hydrogens is 719 g/mol. The van der Waals surface area contributed by atoms with E-state index in [1.165, 1.54) is 11.8 Å². The first-order valence-corrected chi connectivity index (χ1v) is 20.7. The number of ketones is 1. The number of allylic oxidation sites excluding steroid dienone is 5. The summed E-state index contributed by atoms with van der Waals surface area (Å²) < 4.78 is 11.5. The molecule has 3 rings (SSSR count). The van der Waals surface area contributed by atoms with Crippen LogP contribution in [0.25, 0.3) is 0 Å². The monoisotopic (exact) mass is 781 g/mol. The summed E-state index contributed by atoms with van der Waals surface area (Å²) in [5.41, 5.74) is 3.17. The van der Waals surface area contributed by atoms with E-state index in [1.807, 2.05) is 82.4 Å². The van der Waals surface area contributed by atoms with E-state index in [2.05, 4.69) is 16.0 Å². The Hall–Kier alpha value is -3.71. The molecule has 6 unspecified atom stereocenters. The Balaban J connectivity index is 1.85. The highest BCUT2D eigenvalue weighted by Crippen LogP contribution is 2.38. The molecule has 2 aliphatic rings. The molecular formula is C43H63N3O8S. The lowest BCUT2D eigenvalue weighted by Crippen LogP contribution is -2.43. The zero-order valence-electron chi connectivity index (χ0n) is 33.5. The van der Waals surface area contributed by atoms with Crippen LogP contribution in [-0.4, -0.2) is 77.2 Å². The summed E-state index contributed by atoms with van der Waals surface area (Å²) in [4.78, 5) is 51.4. The van der Waals surface area contributed by atoms with Gasteiger partial charge in [-0.2, -0.15) is 0 Å². The summed E-state index contributed by atoms with van der Waals surface area (Å²) in [5.74, 6) is -0.758. The number of hydrogen-bond acceptors (Lipinski definition) is 10. The molecule has 2 aliphatic heterocycles. The molecule has 2 bridgehead atoms. The normalized spacial score (nSPS) is 27.4. The number of thioether (sulfide) groups is 1. The minimum absolute atomic E-state index is 0.0766. The number of nitrogens with one attached hydrogen (secondary N) is 3. The quantitative estimate of drug-likeness (QED) is 0.148. The van der Waals surface area contributed by atoms with Gasteiger partial charge in [0.25, 0.3) is 0 Å². The van der Waals surface area contributed by atoms with Crippen molar-refractivity contribution in [2.45, 2.75) is 141 Å². The van der Waals surface area contributed by atoms with Crippen molar-refractivity contribution < 1.29 is 38.9 Å². The summed E-state index contributed by atoms with van der Waals surface area (Å²) in [6.07, 6.45) is 16.9. The van der Waals surface area contributed by atoms with Crippen LogP contribution in [0.5, 0.6) is 0 Å². The van der Waals surface area contributed by atoms with E-state index in [4.69, 9.17) is 9.47 Å². The van der Waals surface area contributed by atoms with Gasteiger partial charge >= 0.3 is 5.97 Å². The van der Waals surface area contributed by atoms with Crippen LogP contribution in [0.1, 0.15) is 104 Å². The third-order valence-corrected chi connectivity index (χ3v) is 10.9. The van der Waals surface area contributed by atoms with Gasteiger partial charge in [0.15, 0.2) is 0 Å². The molecule has 0 radical (unpaired) electrons. The number of aryl methyl sites for hydroxylation is 1. The van der Waals surface area contributed by atoms with Gasteiger partial charge in [0.05, 0.1) is 23.6 Å². The molecule has 0 fully saturated rings. The molecule has 0 aliphatic carbocycles. The zero-order chi connectivity index (χ0) is 40.3. The number of carbonyl (C=O) groups is 4. The van der Waals surface area contributed by atoms with Crippen LogP contribution in [0.15, 0.2) is 65.1 Å². The molecule has 0 aromatic heterocycles. The molecule has 5 N–H and O–H groups in total. The van der Waals surface area contributed by atoms with Crippen molar-refractivity contribution in [3.05, 3.63) is 65.8 Å². The first-order chi connectivity index (χ1) is 26.3. The Labute approximate surface area is 331 Å². The van der Waals surface area contributed by atoms with Crippen molar-refractivity contribution in [2.75, 3.05) is 23.5 Å². The number of ether oxygens (including phenoxy) is 2. The predicted octanol–water partition coefficient (Wildman–Crippen LogP) is 7.19. The number of aliphatic hydroxyl groups excluding tert-OH is 2. The van der Waals surface area contributed by atoms with Gasteiger partial charge in [0.1, 0.15) is 24.2 Å². The fourth-order valence-electron chi connectivity index (χ4n) is 6.53. The van der Waals surface area contributed by atoms with Crippen LogP contribution < -0.4 is 16.0 Å². The van der Waals surface area contributed by atoms with Crippen LogP contribution in [-0.2, 0) is 35.1 Å². The van der Waals surface area contributed by atoms with Gasteiger partial charge in [-0.15, -0.1) is 11.8 Å². The van der Waals surface area contributed by atoms with Gasteiger partial charge in [0.2, 0.25) is 11.8 Å². The van der Waals surface area contributed by atoms with Crippen LogP contribution in [0, 0.1) is 11.8 Å². The lowest BCUT2D eigenvalue weighted by Gasteiger charge is -2.29. The number of aliphatic hydroxyl groups is 2. The number of esters is 1. The maximum absolute atomic E-state index is 13.2. The number of Topliss-reactive ketones (excluding diaryl/α,β-unsaturated/α-hetero) is 1. The third-order valence-electron chi connectivity index (χ3n) is 9.72. The summed E-state index contributed by atoms with van der Waals surface area (Å²) in [6, 6.07) is 3.01. The smallest absolute Gasteiger partial charge is 0.328 e. The molecule has 304 valence electrons. The first-order valence-electron chi connectivity index (χ1n) is 19.7. The molecule has 6 atom stereocenters. The first kappa shape index (κ1) is 45.7. The summed E-state index contributed by atoms with van der Waals surface area (Å²) in [5, 5.41) is 31.2. The second-order valence-electron chi connectivity index (χ2n) is 15.1. The average Bonchev–Trinajstić information content (AvgIpc) is 3.12. The standard InChI is InChI=1S/C43H63N3O8S/c1-28(2)23-39(49)44-31(5)43(52)54-37-21-14-9-7-8-13-20-35(53-6)26-34(47)19-12-10-11-15-22-38(48)45-33-24-32(18-16-17-29(3)41(51)30(37)4)42-36(25-33)46-40(50)27-55-42/h7-9,13-14,17,20,24-25,28,30-31,35,37-38,41,45,48,51H,10-12,15-16,18-19,21-23,26-27H2,1-6H3,(H,44,49)(H,46,50)/b8-7-,14-9-,20-13-,29-17-. The number of methoxy groups -OCH3 is 1.